The predicted octanol–water partition coefficient (Wildman–Crippen LogP) is 1.89. The van der Waals surface area contributed by atoms with Gasteiger partial charge < -0.3 is 9.64 Å². The number of pyridine rings is 1. The molecule has 1 atom stereocenters. The van der Waals surface area contributed by atoms with Crippen LogP contribution in [0.15, 0.2) is 30.7 Å². The van der Waals surface area contributed by atoms with Crippen LogP contribution < -0.4 is 4.74 Å². The molecule has 0 saturated heterocycles. The van der Waals surface area contributed by atoms with Crippen molar-refractivity contribution in [1.29, 1.82) is 0 Å². The molecule has 0 unspecified atom stereocenters. The standard InChI is InChI=1S/C16H20N4O2/c1-11-5-6-17-14(7-11)8-12(2)20(3)15(21)13-9-18-16(22-4)19-10-13/h5-7,9-10,12H,8H2,1-4H3/t12-/m1/s1. The van der Waals surface area contributed by atoms with E-state index in [1.807, 2.05) is 26.0 Å². The lowest BCUT2D eigenvalue weighted by atomic mass is 10.1. The van der Waals surface area contributed by atoms with Crippen LogP contribution in [0.1, 0.15) is 28.5 Å². The number of carbonyl (C=O) groups excluding carboxylic acids is 1. The summed E-state index contributed by atoms with van der Waals surface area (Å²) in [6.07, 6.45) is 5.43. The molecule has 2 aromatic heterocycles. The van der Waals surface area contributed by atoms with Crippen LogP contribution in [0, 0.1) is 6.92 Å². The topological polar surface area (TPSA) is 68.2 Å². The highest BCUT2D eigenvalue weighted by molar-refractivity contribution is 5.93. The Kier molecular flexibility index (Phi) is 5.04. The van der Waals surface area contributed by atoms with Crippen molar-refractivity contribution in [2.45, 2.75) is 26.3 Å². The molecular weight excluding hydrogens is 280 g/mol. The van der Waals surface area contributed by atoms with Crippen molar-refractivity contribution in [2.75, 3.05) is 14.2 Å². The molecule has 0 radical (unpaired) electrons. The summed E-state index contributed by atoms with van der Waals surface area (Å²) < 4.78 is 4.89. The maximum atomic E-state index is 12.4. The van der Waals surface area contributed by atoms with Gasteiger partial charge in [0.2, 0.25) is 0 Å². The third-order valence-electron chi connectivity index (χ3n) is 3.52. The Labute approximate surface area is 130 Å². The average Bonchev–Trinajstić information content (AvgIpc) is 2.53. The van der Waals surface area contributed by atoms with Crippen molar-refractivity contribution in [1.82, 2.24) is 19.9 Å². The van der Waals surface area contributed by atoms with Crippen molar-refractivity contribution in [3.63, 3.8) is 0 Å². The maximum absolute atomic E-state index is 12.4. The number of hydrogen-bond donors (Lipinski definition) is 0. The molecule has 0 N–H and O–H groups in total. The van der Waals surface area contributed by atoms with Gasteiger partial charge in [0, 0.05) is 43.8 Å². The number of likely N-dealkylation sites (N-methyl/N-ethyl adjacent to an activating group) is 1. The summed E-state index contributed by atoms with van der Waals surface area (Å²) >= 11 is 0. The van der Waals surface area contributed by atoms with E-state index in [2.05, 4.69) is 15.0 Å². The van der Waals surface area contributed by atoms with E-state index in [4.69, 9.17) is 4.74 Å². The average molecular weight is 300 g/mol. The molecule has 0 aromatic carbocycles. The second-order valence-electron chi connectivity index (χ2n) is 5.25. The van der Waals surface area contributed by atoms with Crippen molar-refractivity contribution >= 4 is 5.91 Å². The lowest BCUT2D eigenvalue weighted by molar-refractivity contribution is 0.0742. The first-order valence-corrected chi connectivity index (χ1v) is 7.06. The number of hydrogen-bond acceptors (Lipinski definition) is 5. The van der Waals surface area contributed by atoms with Gasteiger partial charge in [-0.25, -0.2) is 9.97 Å². The molecule has 0 aliphatic carbocycles. The van der Waals surface area contributed by atoms with Crippen molar-refractivity contribution in [3.05, 3.63) is 47.5 Å². The zero-order valence-corrected chi connectivity index (χ0v) is 13.3. The van der Waals surface area contributed by atoms with Gasteiger partial charge in [-0.1, -0.05) is 0 Å². The quantitative estimate of drug-likeness (QED) is 0.843. The van der Waals surface area contributed by atoms with Crippen molar-refractivity contribution in [3.8, 4) is 6.01 Å². The molecule has 0 bridgehead atoms. The zero-order valence-electron chi connectivity index (χ0n) is 13.3. The van der Waals surface area contributed by atoms with E-state index in [-0.39, 0.29) is 18.0 Å². The summed E-state index contributed by atoms with van der Waals surface area (Å²) in [5.74, 6) is -0.122. The molecule has 2 heterocycles. The molecule has 116 valence electrons. The van der Waals surface area contributed by atoms with Gasteiger partial charge in [0.25, 0.3) is 5.91 Å². The van der Waals surface area contributed by atoms with Crippen molar-refractivity contribution < 1.29 is 9.53 Å². The van der Waals surface area contributed by atoms with E-state index < -0.39 is 0 Å². The van der Waals surface area contributed by atoms with E-state index >= 15 is 0 Å². The molecule has 6 nitrogen and oxygen atoms in total. The van der Waals surface area contributed by atoms with Crippen LogP contribution in [0.5, 0.6) is 6.01 Å². The minimum Gasteiger partial charge on any atom is -0.467 e. The van der Waals surface area contributed by atoms with Gasteiger partial charge in [-0.3, -0.25) is 9.78 Å². The third-order valence-corrected chi connectivity index (χ3v) is 3.52. The molecule has 0 aliphatic rings. The number of aryl methyl sites for hydroxylation is 1. The molecule has 0 saturated carbocycles. The van der Waals surface area contributed by atoms with Gasteiger partial charge in [0.15, 0.2) is 0 Å². The van der Waals surface area contributed by atoms with Gasteiger partial charge in [0.05, 0.1) is 12.7 Å². The van der Waals surface area contributed by atoms with Gasteiger partial charge in [0.1, 0.15) is 0 Å². The first kappa shape index (κ1) is 15.9. The minimum absolute atomic E-state index is 0.0175. The van der Waals surface area contributed by atoms with Crippen LogP contribution in [0.25, 0.3) is 0 Å². The SMILES string of the molecule is COc1ncc(C(=O)N(C)[C@H](C)Cc2cc(C)ccn2)cn1. The van der Waals surface area contributed by atoms with E-state index in [0.29, 0.717) is 12.0 Å². The third kappa shape index (κ3) is 3.78. The Morgan fingerprint density at radius 1 is 1.32 bits per heavy atom. The number of carbonyl (C=O) groups is 1. The first-order chi connectivity index (χ1) is 10.5. The number of nitrogens with zero attached hydrogens (tertiary/aromatic N) is 4. The first-order valence-electron chi connectivity index (χ1n) is 7.06. The van der Waals surface area contributed by atoms with E-state index in [1.54, 1.807) is 18.1 Å². The Hall–Kier alpha value is -2.50. The predicted molar refractivity (Wildman–Crippen MR) is 82.8 cm³/mol. The molecule has 0 spiro atoms. The minimum atomic E-state index is -0.122. The number of methoxy groups -OCH3 is 1. The Morgan fingerprint density at radius 2 is 2.00 bits per heavy atom. The number of aromatic nitrogens is 3. The zero-order chi connectivity index (χ0) is 16.1. The summed E-state index contributed by atoms with van der Waals surface area (Å²) in [4.78, 5) is 26.4. The fourth-order valence-electron chi connectivity index (χ4n) is 2.09. The molecule has 0 aliphatic heterocycles. The lowest BCUT2D eigenvalue weighted by Crippen LogP contribution is -2.36. The highest BCUT2D eigenvalue weighted by atomic mass is 16.5. The lowest BCUT2D eigenvalue weighted by Gasteiger charge is -2.24. The fourth-order valence-corrected chi connectivity index (χ4v) is 2.09. The Bertz CT molecular complexity index is 643. The van der Waals surface area contributed by atoms with E-state index in [1.165, 1.54) is 19.5 Å². The van der Waals surface area contributed by atoms with Gasteiger partial charge in [-0.15, -0.1) is 0 Å². The van der Waals surface area contributed by atoms with Crippen LogP contribution in [0.2, 0.25) is 0 Å². The smallest absolute Gasteiger partial charge is 0.316 e. The van der Waals surface area contributed by atoms with Gasteiger partial charge >= 0.3 is 6.01 Å². The number of rotatable bonds is 5. The fraction of sp³-hybridized carbons (Fsp3) is 0.375. The monoisotopic (exact) mass is 300 g/mol. The molecule has 2 rings (SSSR count). The summed E-state index contributed by atoms with van der Waals surface area (Å²) in [6, 6.07) is 4.25. The van der Waals surface area contributed by atoms with Crippen LogP contribution in [-0.2, 0) is 6.42 Å². The summed E-state index contributed by atoms with van der Waals surface area (Å²) in [5, 5.41) is 0. The Balaban J connectivity index is 2.05. The molecule has 2 aromatic rings. The van der Waals surface area contributed by atoms with Gasteiger partial charge in [-0.2, -0.15) is 0 Å². The van der Waals surface area contributed by atoms with E-state index in [0.717, 1.165) is 11.3 Å². The number of ether oxygens (including phenoxy) is 1. The number of amides is 1. The normalized spacial score (nSPS) is 11.8. The van der Waals surface area contributed by atoms with Crippen LogP contribution in [0.4, 0.5) is 0 Å². The highest BCUT2D eigenvalue weighted by Gasteiger charge is 2.19. The maximum Gasteiger partial charge on any atom is 0.316 e. The van der Waals surface area contributed by atoms with Crippen molar-refractivity contribution in [2.24, 2.45) is 0 Å². The van der Waals surface area contributed by atoms with Crippen LogP contribution in [0.3, 0.4) is 0 Å². The molecule has 0 fully saturated rings. The largest absolute Gasteiger partial charge is 0.467 e. The Morgan fingerprint density at radius 3 is 2.59 bits per heavy atom. The summed E-state index contributed by atoms with van der Waals surface area (Å²) in [5.41, 5.74) is 2.57. The molecular formula is C16H20N4O2. The molecule has 1 amide bonds. The highest BCUT2D eigenvalue weighted by Crippen LogP contribution is 2.11. The van der Waals surface area contributed by atoms with Crippen LogP contribution >= 0.6 is 0 Å². The molecule has 22 heavy (non-hydrogen) atoms. The van der Waals surface area contributed by atoms with E-state index in [9.17, 15) is 4.79 Å². The van der Waals surface area contributed by atoms with Crippen LogP contribution in [-0.4, -0.2) is 46.0 Å². The van der Waals surface area contributed by atoms with Gasteiger partial charge in [-0.05, 0) is 31.5 Å². The summed E-state index contributed by atoms with van der Waals surface area (Å²) in [6.45, 7) is 4.02. The second-order valence-corrected chi connectivity index (χ2v) is 5.25. The molecule has 6 heteroatoms. The second kappa shape index (κ2) is 6.98. The summed E-state index contributed by atoms with van der Waals surface area (Å²) in [7, 11) is 3.26.